The lowest BCUT2D eigenvalue weighted by Crippen LogP contribution is -2.06. The van der Waals surface area contributed by atoms with Crippen molar-refractivity contribution in [2.75, 3.05) is 26.4 Å². The van der Waals surface area contributed by atoms with Crippen LogP contribution in [0.4, 0.5) is 0 Å². The first-order chi connectivity index (χ1) is 22.8. The second kappa shape index (κ2) is 23.7. The number of hydrogen-bond acceptors (Lipinski definition) is 4. The number of ether oxygens (including phenoxy) is 4. The smallest absolute Gasteiger partial charge is 0.142 e. The van der Waals surface area contributed by atoms with Crippen molar-refractivity contribution in [1.82, 2.24) is 0 Å². The van der Waals surface area contributed by atoms with Gasteiger partial charge in [0.25, 0.3) is 0 Å². The van der Waals surface area contributed by atoms with Gasteiger partial charge in [-0.3, -0.25) is 0 Å². The molecule has 0 atom stereocenters. The topological polar surface area (TPSA) is 36.9 Å². The van der Waals surface area contributed by atoms with Gasteiger partial charge in [0.2, 0.25) is 0 Å². The maximum Gasteiger partial charge on any atom is 0.142 e. The highest BCUT2D eigenvalue weighted by Gasteiger charge is 2.22. The minimum atomic E-state index is 0.683. The summed E-state index contributed by atoms with van der Waals surface area (Å²) in [6, 6.07) is 12.8. The van der Waals surface area contributed by atoms with Gasteiger partial charge >= 0.3 is 0 Å². The van der Waals surface area contributed by atoms with Crippen LogP contribution >= 0.6 is 0 Å². The van der Waals surface area contributed by atoms with E-state index in [-0.39, 0.29) is 0 Å². The fourth-order valence-electron chi connectivity index (χ4n) is 6.25. The Balaban J connectivity index is 2.02. The Morgan fingerprint density at radius 2 is 0.674 bits per heavy atom. The van der Waals surface area contributed by atoms with Crippen molar-refractivity contribution in [3.63, 3.8) is 0 Å². The van der Waals surface area contributed by atoms with Gasteiger partial charge in [-0.15, -0.1) is 0 Å². The van der Waals surface area contributed by atoms with E-state index in [0.717, 1.165) is 70.2 Å². The molecule has 0 saturated carbocycles. The molecule has 3 rings (SSSR count). The van der Waals surface area contributed by atoms with Gasteiger partial charge < -0.3 is 18.9 Å². The monoisotopic (exact) mass is 634 g/mol. The van der Waals surface area contributed by atoms with E-state index in [1.165, 1.54) is 103 Å². The van der Waals surface area contributed by atoms with Crippen molar-refractivity contribution < 1.29 is 18.9 Å². The maximum atomic E-state index is 6.82. The Kier molecular flexibility index (Phi) is 19.5. The van der Waals surface area contributed by atoms with E-state index in [9.17, 15) is 0 Å². The standard InChI is InChI=1S/C42H66O4/c1-5-9-13-17-21-31-43-37-29-25-27-35-39(37)42(46-34-24-20-16-12-8-4)40-36(41(35)45-33-23-19-15-11-7-3)28-26-30-38(40)44-32-22-18-14-10-6-2/h25-30H,5-24,31-34H2,1-4H3. The summed E-state index contributed by atoms with van der Waals surface area (Å²) >= 11 is 0. The summed E-state index contributed by atoms with van der Waals surface area (Å²) in [5.74, 6) is 3.59. The van der Waals surface area contributed by atoms with Gasteiger partial charge in [-0.2, -0.15) is 0 Å². The molecular formula is C42H66O4. The third kappa shape index (κ3) is 12.5. The molecule has 0 saturated heterocycles. The average Bonchev–Trinajstić information content (AvgIpc) is 3.07. The molecule has 3 aromatic carbocycles. The highest BCUT2D eigenvalue weighted by atomic mass is 16.5. The summed E-state index contributed by atoms with van der Waals surface area (Å²) in [6.07, 6.45) is 24.2. The van der Waals surface area contributed by atoms with E-state index in [1.54, 1.807) is 0 Å². The minimum absolute atomic E-state index is 0.683. The normalized spacial score (nSPS) is 11.4. The summed E-state index contributed by atoms with van der Waals surface area (Å²) in [5.41, 5.74) is 0. The van der Waals surface area contributed by atoms with E-state index in [2.05, 4.69) is 64.1 Å². The van der Waals surface area contributed by atoms with Crippen molar-refractivity contribution in [2.24, 2.45) is 0 Å². The molecule has 3 aromatic rings. The molecule has 0 bridgehead atoms. The van der Waals surface area contributed by atoms with Gasteiger partial charge in [-0.1, -0.05) is 155 Å². The zero-order valence-corrected chi connectivity index (χ0v) is 30.1. The van der Waals surface area contributed by atoms with E-state index in [0.29, 0.717) is 26.4 Å². The van der Waals surface area contributed by atoms with Crippen LogP contribution < -0.4 is 18.9 Å². The van der Waals surface area contributed by atoms with Crippen molar-refractivity contribution in [3.8, 4) is 23.0 Å². The third-order valence-electron chi connectivity index (χ3n) is 9.00. The molecule has 4 heteroatoms. The maximum absolute atomic E-state index is 6.82. The molecule has 0 unspecified atom stereocenters. The van der Waals surface area contributed by atoms with Gasteiger partial charge in [-0.05, 0) is 37.8 Å². The summed E-state index contributed by atoms with van der Waals surface area (Å²) in [4.78, 5) is 0. The summed E-state index contributed by atoms with van der Waals surface area (Å²) in [7, 11) is 0. The zero-order valence-electron chi connectivity index (χ0n) is 30.1. The number of hydrogen-bond donors (Lipinski definition) is 0. The first-order valence-corrected chi connectivity index (χ1v) is 19.3. The van der Waals surface area contributed by atoms with Crippen molar-refractivity contribution in [3.05, 3.63) is 36.4 Å². The largest absolute Gasteiger partial charge is 0.493 e. The van der Waals surface area contributed by atoms with Crippen LogP contribution in [0, 0.1) is 0 Å². The lowest BCUT2D eigenvalue weighted by molar-refractivity contribution is 0.292. The fourth-order valence-corrected chi connectivity index (χ4v) is 6.25. The molecule has 0 N–H and O–H groups in total. The quantitative estimate of drug-likeness (QED) is 0.0588. The van der Waals surface area contributed by atoms with Gasteiger partial charge in [0, 0.05) is 10.8 Å². The SMILES string of the molecule is CCCCCCCOc1c2cccc(OCCCCCCC)c2c(OCCCCCCC)c2c(OCCCCCCC)cccc12. The molecule has 0 heterocycles. The van der Waals surface area contributed by atoms with Crippen molar-refractivity contribution in [2.45, 2.75) is 156 Å². The second-order valence-corrected chi connectivity index (χ2v) is 13.1. The summed E-state index contributed by atoms with van der Waals surface area (Å²) in [5, 5.41) is 4.19. The van der Waals surface area contributed by atoms with Crippen molar-refractivity contribution >= 4 is 21.5 Å². The Labute approximate surface area is 281 Å². The van der Waals surface area contributed by atoms with E-state index in [4.69, 9.17) is 18.9 Å². The highest BCUT2D eigenvalue weighted by Crippen LogP contribution is 2.49. The highest BCUT2D eigenvalue weighted by molar-refractivity contribution is 6.15. The van der Waals surface area contributed by atoms with Crippen LogP contribution in [0.25, 0.3) is 21.5 Å². The predicted molar refractivity (Wildman–Crippen MR) is 198 cm³/mol. The Morgan fingerprint density at radius 1 is 0.348 bits per heavy atom. The van der Waals surface area contributed by atoms with Gasteiger partial charge in [0.15, 0.2) is 0 Å². The minimum Gasteiger partial charge on any atom is -0.493 e. The molecule has 0 amide bonds. The second-order valence-electron chi connectivity index (χ2n) is 13.1. The van der Waals surface area contributed by atoms with Crippen molar-refractivity contribution in [1.29, 1.82) is 0 Å². The lowest BCUT2D eigenvalue weighted by atomic mass is 9.98. The zero-order chi connectivity index (χ0) is 32.7. The van der Waals surface area contributed by atoms with Gasteiger partial charge in [0.1, 0.15) is 23.0 Å². The lowest BCUT2D eigenvalue weighted by Gasteiger charge is -2.22. The van der Waals surface area contributed by atoms with Crippen LogP contribution in [-0.4, -0.2) is 26.4 Å². The number of rotatable bonds is 28. The average molecular weight is 635 g/mol. The van der Waals surface area contributed by atoms with E-state index >= 15 is 0 Å². The Bertz CT molecular complexity index is 1140. The fraction of sp³-hybridized carbons (Fsp3) is 0.667. The number of benzene rings is 3. The van der Waals surface area contributed by atoms with E-state index in [1.807, 2.05) is 0 Å². The first-order valence-electron chi connectivity index (χ1n) is 19.3. The Morgan fingerprint density at radius 3 is 1.04 bits per heavy atom. The van der Waals surface area contributed by atoms with Crippen LogP contribution in [0.5, 0.6) is 23.0 Å². The molecule has 0 aliphatic rings. The molecule has 258 valence electrons. The predicted octanol–water partition coefficient (Wildman–Crippen LogP) is 13.4. The van der Waals surface area contributed by atoms with Crippen LogP contribution in [0.3, 0.4) is 0 Å². The molecule has 0 aliphatic heterocycles. The number of fused-ring (bicyclic) bond motifs is 2. The van der Waals surface area contributed by atoms with Crippen LogP contribution in [-0.2, 0) is 0 Å². The first kappa shape index (κ1) is 37.8. The number of unbranched alkanes of at least 4 members (excludes halogenated alkanes) is 16. The molecule has 0 aromatic heterocycles. The molecule has 0 aliphatic carbocycles. The molecule has 46 heavy (non-hydrogen) atoms. The summed E-state index contributed by atoms with van der Waals surface area (Å²) in [6.45, 7) is 11.9. The van der Waals surface area contributed by atoms with Gasteiger partial charge in [-0.25, -0.2) is 0 Å². The molecular weight excluding hydrogens is 568 g/mol. The van der Waals surface area contributed by atoms with Crippen LogP contribution in [0.1, 0.15) is 156 Å². The van der Waals surface area contributed by atoms with Gasteiger partial charge in [0.05, 0.1) is 37.2 Å². The molecule has 0 spiro atoms. The third-order valence-corrected chi connectivity index (χ3v) is 9.00. The molecule has 0 fully saturated rings. The Hall–Kier alpha value is -2.62. The summed E-state index contributed by atoms with van der Waals surface area (Å²) < 4.78 is 26.7. The molecule has 0 radical (unpaired) electrons. The van der Waals surface area contributed by atoms with Crippen LogP contribution in [0.15, 0.2) is 36.4 Å². The van der Waals surface area contributed by atoms with E-state index < -0.39 is 0 Å². The molecule has 4 nitrogen and oxygen atoms in total. The van der Waals surface area contributed by atoms with Crippen LogP contribution in [0.2, 0.25) is 0 Å².